The Morgan fingerprint density at radius 2 is 2.24 bits per heavy atom. The molecule has 21 heavy (non-hydrogen) atoms. The molecule has 0 spiro atoms. The van der Waals surface area contributed by atoms with Crippen LogP contribution in [0.5, 0.6) is 5.75 Å². The third kappa shape index (κ3) is 4.25. The maximum Gasteiger partial charge on any atom is 0.258 e. The van der Waals surface area contributed by atoms with Gasteiger partial charge in [-0.15, -0.1) is 0 Å². The number of nitrogens with one attached hydrogen (secondary N) is 1. The van der Waals surface area contributed by atoms with Crippen LogP contribution in [0.3, 0.4) is 0 Å². The quantitative estimate of drug-likeness (QED) is 0.737. The van der Waals surface area contributed by atoms with E-state index in [1.165, 1.54) is 0 Å². The Bertz CT molecular complexity index is 656. The number of aryl methyl sites for hydroxylation is 1. The molecule has 2 rings (SSSR count). The van der Waals surface area contributed by atoms with Gasteiger partial charge in [-0.3, -0.25) is 9.48 Å². The number of amides is 1. The number of thiocarbonyl (C=S) groups is 1. The molecule has 110 valence electrons. The summed E-state index contributed by atoms with van der Waals surface area (Å²) in [6, 6.07) is 7.04. The number of hydrogen-bond donors (Lipinski definition) is 2. The Morgan fingerprint density at radius 1 is 1.48 bits per heavy atom. The number of hydrogen-bond acceptors (Lipinski definition) is 5. The summed E-state index contributed by atoms with van der Waals surface area (Å²) in [5.74, 6) is 0.741. The van der Waals surface area contributed by atoms with Crippen LogP contribution in [0.25, 0.3) is 0 Å². The smallest absolute Gasteiger partial charge is 0.258 e. The number of nitrogens with two attached hydrogens (primary N) is 1. The summed E-state index contributed by atoms with van der Waals surface area (Å²) in [6.45, 7) is 0.118. The number of aromatic nitrogens is 3. The maximum atomic E-state index is 11.7. The fraction of sp³-hybridized carbons (Fsp3) is 0.231. The van der Waals surface area contributed by atoms with Crippen LogP contribution in [0.4, 0.5) is 0 Å². The number of para-hydroxylation sites is 1. The van der Waals surface area contributed by atoms with Crippen molar-refractivity contribution in [3.8, 4) is 5.75 Å². The van der Waals surface area contributed by atoms with Crippen LogP contribution in [0, 0.1) is 0 Å². The number of carbonyl (C=O) groups is 1. The Labute approximate surface area is 127 Å². The zero-order valence-corrected chi connectivity index (χ0v) is 12.3. The first kappa shape index (κ1) is 14.9. The molecule has 1 heterocycles. The van der Waals surface area contributed by atoms with Gasteiger partial charge in [0.05, 0.1) is 12.1 Å². The van der Waals surface area contributed by atoms with E-state index in [1.807, 2.05) is 0 Å². The van der Waals surface area contributed by atoms with Crippen LogP contribution >= 0.6 is 12.2 Å². The summed E-state index contributed by atoms with van der Waals surface area (Å²) >= 11 is 4.93. The highest BCUT2D eigenvalue weighted by atomic mass is 32.1. The van der Waals surface area contributed by atoms with Crippen molar-refractivity contribution in [1.29, 1.82) is 0 Å². The van der Waals surface area contributed by atoms with Gasteiger partial charge in [0.2, 0.25) is 0 Å². The van der Waals surface area contributed by atoms with Crippen molar-refractivity contribution in [2.75, 3.05) is 6.61 Å². The summed E-state index contributed by atoms with van der Waals surface area (Å²) in [6.07, 6.45) is 1.57. The van der Waals surface area contributed by atoms with Gasteiger partial charge in [-0.1, -0.05) is 24.4 Å². The molecule has 2 aromatic rings. The standard InChI is InChI=1S/C13H15N5O2S/c1-18-8-16-11(17-18)6-15-12(19)7-20-10-5-3-2-4-9(10)13(14)21/h2-5,8H,6-7H2,1H3,(H2,14,21)(H,15,19). The molecule has 0 fully saturated rings. The lowest BCUT2D eigenvalue weighted by Crippen LogP contribution is -2.29. The Hall–Kier alpha value is -2.48. The van der Waals surface area contributed by atoms with Gasteiger partial charge in [0.1, 0.15) is 17.1 Å². The summed E-state index contributed by atoms with van der Waals surface area (Å²) in [5.41, 5.74) is 6.19. The number of carbonyl (C=O) groups excluding carboxylic acids is 1. The monoisotopic (exact) mass is 305 g/mol. The molecule has 0 aliphatic rings. The average Bonchev–Trinajstić information content (AvgIpc) is 2.88. The topological polar surface area (TPSA) is 95.1 Å². The molecule has 3 N–H and O–H groups in total. The molecule has 1 amide bonds. The minimum Gasteiger partial charge on any atom is -0.483 e. The highest BCUT2D eigenvalue weighted by Gasteiger charge is 2.09. The molecule has 0 aliphatic carbocycles. The second-order valence-corrected chi connectivity index (χ2v) is 4.70. The largest absolute Gasteiger partial charge is 0.483 e. The highest BCUT2D eigenvalue weighted by molar-refractivity contribution is 7.80. The van der Waals surface area contributed by atoms with E-state index >= 15 is 0 Å². The normalized spacial score (nSPS) is 10.1. The predicted molar refractivity (Wildman–Crippen MR) is 80.7 cm³/mol. The van der Waals surface area contributed by atoms with Crippen LogP contribution in [-0.2, 0) is 18.4 Å². The molecule has 0 radical (unpaired) electrons. The first-order chi connectivity index (χ1) is 10.1. The lowest BCUT2D eigenvalue weighted by molar-refractivity contribution is -0.123. The van der Waals surface area contributed by atoms with Crippen molar-refractivity contribution in [2.24, 2.45) is 12.8 Å². The summed E-state index contributed by atoms with van der Waals surface area (Å²) < 4.78 is 6.99. The first-order valence-corrected chi connectivity index (χ1v) is 6.60. The van der Waals surface area contributed by atoms with Crippen molar-refractivity contribution in [3.63, 3.8) is 0 Å². The SMILES string of the molecule is Cn1cnc(CNC(=O)COc2ccccc2C(N)=S)n1. The van der Waals surface area contributed by atoms with E-state index < -0.39 is 0 Å². The van der Waals surface area contributed by atoms with Gasteiger partial charge in [-0.25, -0.2) is 4.98 Å². The van der Waals surface area contributed by atoms with Gasteiger partial charge >= 0.3 is 0 Å². The van der Waals surface area contributed by atoms with Crippen LogP contribution < -0.4 is 15.8 Å². The van der Waals surface area contributed by atoms with Gasteiger partial charge in [-0.2, -0.15) is 5.10 Å². The van der Waals surface area contributed by atoms with Crippen molar-refractivity contribution in [1.82, 2.24) is 20.1 Å². The zero-order valence-electron chi connectivity index (χ0n) is 11.4. The van der Waals surface area contributed by atoms with E-state index in [4.69, 9.17) is 22.7 Å². The van der Waals surface area contributed by atoms with Crippen LogP contribution in [0.15, 0.2) is 30.6 Å². The van der Waals surface area contributed by atoms with E-state index in [9.17, 15) is 4.79 Å². The van der Waals surface area contributed by atoms with E-state index in [2.05, 4.69) is 15.4 Å². The van der Waals surface area contributed by atoms with E-state index in [-0.39, 0.29) is 24.0 Å². The van der Waals surface area contributed by atoms with Crippen molar-refractivity contribution in [3.05, 3.63) is 42.0 Å². The molecular formula is C13H15N5O2S. The zero-order chi connectivity index (χ0) is 15.2. The van der Waals surface area contributed by atoms with E-state index in [0.29, 0.717) is 17.1 Å². The fourth-order valence-electron chi connectivity index (χ4n) is 1.63. The number of benzene rings is 1. The van der Waals surface area contributed by atoms with Gasteiger partial charge in [0.15, 0.2) is 12.4 Å². The summed E-state index contributed by atoms with van der Waals surface area (Å²) in [5, 5.41) is 6.72. The minimum atomic E-state index is -0.278. The number of ether oxygens (including phenoxy) is 1. The molecule has 0 atom stereocenters. The van der Waals surface area contributed by atoms with Gasteiger partial charge in [-0.05, 0) is 12.1 Å². The van der Waals surface area contributed by atoms with E-state index in [0.717, 1.165) is 0 Å². The molecule has 0 unspecified atom stereocenters. The van der Waals surface area contributed by atoms with Gasteiger partial charge in [0, 0.05) is 7.05 Å². The van der Waals surface area contributed by atoms with Crippen LogP contribution in [-0.4, -0.2) is 32.3 Å². The van der Waals surface area contributed by atoms with Crippen molar-refractivity contribution < 1.29 is 9.53 Å². The second kappa shape index (κ2) is 6.80. The Morgan fingerprint density at radius 3 is 2.90 bits per heavy atom. The third-order valence-corrected chi connectivity index (χ3v) is 2.82. The van der Waals surface area contributed by atoms with Gasteiger partial charge in [0.25, 0.3) is 5.91 Å². The number of rotatable bonds is 6. The maximum absolute atomic E-state index is 11.7. The lowest BCUT2D eigenvalue weighted by atomic mass is 10.2. The minimum absolute atomic E-state index is 0.132. The molecule has 7 nitrogen and oxygen atoms in total. The molecule has 0 aliphatic heterocycles. The fourth-order valence-corrected chi connectivity index (χ4v) is 1.80. The predicted octanol–water partition coefficient (Wildman–Crippen LogP) is 0.144. The first-order valence-electron chi connectivity index (χ1n) is 6.19. The number of nitrogens with zero attached hydrogens (tertiary/aromatic N) is 3. The van der Waals surface area contributed by atoms with Crippen molar-refractivity contribution in [2.45, 2.75) is 6.54 Å². The lowest BCUT2D eigenvalue weighted by Gasteiger charge is -2.10. The average molecular weight is 305 g/mol. The summed E-state index contributed by atoms with van der Waals surface area (Å²) in [4.78, 5) is 15.9. The molecule has 0 saturated heterocycles. The second-order valence-electron chi connectivity index (χ2n) is 4.26. The van der Waals surface area contributed by atoms with Crippen LogP contribution in [0.1, 0.15) is 11.4 Å². The van der Waals surface area contributed by atoms with E-state index in [1.54, 1.807) is 42.3 Å². The van der Waals surface area contributed by atoms with Crippen molar-refractivity contribution >= 4 is 23.1 Å². The molecule has 0 saturated carbocycles. The third-order valence-electron chi connectivity index (χ3n) is 2.60. The molecule has 1 aromatic carbocycles. The Kier molecular flexibility index (Phi) is 4.83. The Balaban J connectivity index is 1.85. The molecule has 8 heteroatoms. The highest BCUT2D eigenvalue weighted by Crippen LogP contribution is 2.17. The molecule has 0 bridgehead atoms. The summed E-state index contributed by atoms with van der Waals surface area (Å²) in [7, 11) is 1.76. The molecular weight excluding hydrogens is 290 g/mol. The van der Waals surface area contributed by atoms with Crippen LogP contribution in [0.2, 0.25) is 0 Å². The van der Waals surface area contributed by atoms with Gasteiger partial charge < -0.3 is 15.8 Å². The molecule has 1 aromatic heterocycles.